The van der Waals surface area contributed by atoms with Crippen LogP contribution in [0, 0.1) is 10.1 Å². The Morgan fingerprint density at radius 1 is 1.33 bits per heavy atom. The van der Waals surface area contributed by atoms with Crippen molar-refractivity contribution in [1.29, 1.82) is 0 Å². The van der Waals surface area contributed by atoms with E-state index in [9.17, 15) is 10.1 Å². The van der Waals surface area contributed by atoms with Crippen LogP contribution in [0.2, 0.25) is 0 Å². The minimum Gasteiger partial charge on any atom is -0.370 e. The van der Waals surface area contributed by atoms with Crippen LogP contribution < -0.4 is 11.1 Å². The Kier molecular flexibility index (Phi) is 7.41. The quantitative estimate of drug-likeness (QED) is 0.265. The Morgan fingerprint density at radius 3 is 2.67 bits per heavy atom. The normalized spacial score (nSPS) is 16.1. The summed E-state index contributed by atoms with van der Waals surface area (Å²) in [7, 11) is 0. The zero-order valence-electron chi connectivity index (χ0n) is 11.8. The molecule has 0 saturated heterocycles. The number of nitrogens with two attached hydrogens (primary N) is 1. The summed E-state index contributed by atoms with van der Waals surface area (Å²) in [5, 5.41) is 14.1. The van der Waals surface area contributed by atoms with Gasteiger partial charge in [0.05, 0.1) is 17.0 Å². The zero-order chi connectivity index (χ0) is 14.4. The first-order valence-electron chi connectivity index (χ1n) is 6.95. The van der Waals surface area contributed by atoms with Crippen molar-refractivity contribution in [3.8, 4) is 0 Å². The molecule has 0 heterocycles. The topological polar surface area (TPSA) is 93.5 Å². The molecule has 2 rings (SSSR count). The first-order valence-corrected chi connectivity index (χ1v) is 6.95. The van der Waals surface area contributed by atoms with Crippen LogP contribution in [0.4, 0.5) is 5.69 Å². The van der Waals surface area contributed by atoms with Gasteiger partial charge in [0, 0.05) is 12.1 Å². The number of hydrogen-bond acceptors (Lipinski definition) is 3. The number of aliphatic imine (C=N–C) groups is 1. The van der Waals surface area contributed by atoms with E-state index in [-0.39, 0.29) is 36.2 Å². The van der Waals surface area contributed by atoms with Gasteiger partial charge in [0.15, 0.2) is 5.96 Å². The number of hydrogen-bond donors (Lipinski definition) is 2. The summed E-state index contributed by atoms with van der Waals surface area (Å²) in [6.45, 7) is 0.225. The van der Waals surface area contributed by atoms with Gasteiger partial charge < -0.3 is 11.1 Å². The van der Waals surface area contributed by atoms with Gasteiger partial charge in [-0.25, -0.2) is 4.99 Å². The Labute approximate surface area is 141 Å². The molecule has 1 aliphatic carbocycles. The van der Waals surface area contributed by atoms with Crippen LogP contribution in [0.25, 0.3) is 0 Å². The molecule has 0 aliphatic heterocycles. The van der Waals surface area contributed by atoms with E-state index in [1.165, 1.54) is 25.3 Å². The number of para-hydroxylation sites is 1. The third kappa shape index (κ3) is 5.49. The van der Waals surface area contributed by atoms with Crippen molar-refractivity contribution in [3.63, 3.8) is 0 Å². The molecule has 6 nitrogen and oxygen atoms in total. The Balaban J connectivity index is 0.00000220. The first kappa shape index (κ1) is 17.7. The smallest absolute Gasteiger partial charge is 0.274 e. The second-order valence-electron chi connectivity index (χ2n) is 5.07. The van der Waals surface area contributed by atoms with Gasteiger partial charge in [-0.1, -0.05) is 37.5 Å². The average molecular weight is 404 g/mol. The van der Waals surface area contributed by atoms with Crippen molar-refractivity contribution in [3.05, 3.63) is 39.9 Å². The molecular formula is C14H21IN4O2. The predicted molar refractivity (Wildman–Crippen MR) is 93.8 cm³/mol. The van der Waals surface area contributed by atoms with E-state index >= 15 is 0 Å². The lowest BCUT2D eigenvalue weighted by atomic mass is 9.96. The van der Waals surface area contributed by atoms with Crippen molar-refractivity contribution >= 4 is 35.6 Å². The number of nitro groups is 1. The minimum absolute atomic E-state index is 0. The molecule has 0 spiro atoms. The summed E-state index contributed by atoms with van der Waals surface area (Å²) in [6, 6.07) is 6.99. The SMILES string of the molecule is I.NC(=NCc1ccccc1[N+](=O)[O-])NC1CCCCC1. The molecule has 3 N–H and O–H groups in total. The van der Waals surface area contributed by atoms with Crippen molar-refractivity contribution < 1.29 is 4.92 Å². The van der Waals surface area contributed by atoms with Crippen molar-refractivity contribution in [2.24, 2.45) is 10.7 Å². The lowest BCUT2D eigenvalue weighted by molar-refractivity contribution is -0.385. The number of nitrogens with one attached hydrogen (secondary N) is 1. The van der Waals surface area contributed by atoms with E-state index in [1.807, 2.05) is 0 Å². The molecule has 0 amide bonds. The van der Waals surface area contributed by atoms with E-state index in [0.717, 1.165) is 12.8 Å². The fourth-order valence-electron chi connectivity index (χ4n) is 2.49. The highest BCUT2D eigenvalue weighted by molar-refractivity contribution is 14.0. The highest BCUT2D eigenvalue weighted by atomic mass is 127. The highest BCUT2D eigenvalue weighted by Crippen LogP contribution is 2.19. The molecule has 1 fully saturated rings. The maximum absolute atomic E-state index is 10.9. The lowest BCUT2D eigenvalue weighted by Crippen LogP contribution is -2.41. The van der Waals surface area contributed by atoms with Gasteiger partial charge in [-0.3, -0.25) is 10.1 Å². The van der Waals surface area contributed by atoms with E-state index in [2.05, 4.69) is 10.3 Å². The molecule has 0 radical (unpaired) electrons. The van der Waals surface area contributed by atoms with Gasteiger partial charge in [0.25, 0.3) is 5.69 Å². The fourth-order valence-corrected chi connectivity index (χ4v) is 2.49. The van der Waals surface area contributed by atoms with Crippen LogP contribution in [-0.4, -0.2) is 16.9 Å². The summed E-state index contributed by atoms with van der Waals surface area (Å²) >= 11 is 0. The van der Waals surface area contributed by atoms with Gasteiger partial charge in [-0.15, -0.1) is 24.0 Å². The number of nitro benzene ring substituents is 1. The van der Waals surface area contributed by atoms with Gasteiger partial charge in [0.1, 0.15) is 0 Å². The number of benzene rings is 1. The molecule has 0 atom stereocenters. The summed E-state index contributed by atoms with van der Waals surface area (Å²) in [5.74, 6) is 0.370. The van der Waals surface area contributed by atoms with Crippen LogP contribution in [0.5, 0.6) is 0 Å². The Hall–Kier alpha value is -1.38. The molecule has 7 heteroatoms. The van der Waals surface area contributed by atoms with E-state index in [4.69, 9.17) is 5.73 Å². The molecule has 116 valence electrons. The van der Waals surface area contributed by atoms with Gasteiger partial charge in [0.2, 0.25) is 0 Å². The monoisotopic (exact) mass is 404 g/mol. The summed E-state index contributed by atoms with van der Waals surface area (Å²) < 4.78 is 0. The summed E-state index contributed by atoms with van der Waals surface area (Å²) in [5.41, 5.74) is 6.51. The number of guanidine groups is 1. The minimum atomic E-state index is -0.393. The van der Waals surface area contributed by atoms with Crippen LogP contribution >= 0.6 is 24.0 Å². The number of halogens is 1. The molecule has 1 aliphatic rings. The summed E-state index contributed by atoms with van der Waals surface area (Å²) in [6.07, 6.45) is 5.94. The van der Waals surface area contributed by atoms with Crippen molar-refractivity contribution in [2.45, 2.75) is 44.7 Å². The van der Waals surface area contributed by atoms with Crippen LogP contribution in [0.1, 0.15) is 37.7 Å². The second-order valence-corrected chi connectivity index (χ2v) is 5.07. The molecule has 1 aromatic rings. The van der Waals surface area contributed by atoms with Gasteiger partial charge in [-0.05, 0) is 12.8 Å². The van der Waals surface area contributed by atoms with E-state index in [1.54, 1.807) is 18.2 Å². The lowest BCUT2D eigenvalue weighted by Gasteiger charge is -2.23. The zero-order valence-corrected chi connectivity index (χ0v) is 14.2. The van der Waals surface area contributed by atoms with Crippen LogP contribution in [-0.2, 0) is 6.54 Å². The third-order valence-electron chi connectivity index (χ3n) is 3.57. The molecule has 0 unspecified atom stereocenters. The summed E-state index contributed by atoms with van der Waals surface area (Å²) in [4.78, 5) is 14.7. The van der Waals surface area contributed by atoms with Gasteiger partial charge in [-0.2, -0.15) is 0 Å². The fraction of sp³-hybridized carbons (Fsp3) is 0.500. The first-order chi connectivity index (χ1) is 9.66. The van der Waals surface area contributed by atoms with Crippen LogP contribution in [0.15, 0.2) is 29.3 Å². The maximum Gasteiger partial charge on any atom is 0.274 e. The van der Waals surface area contributed by atoms with E-state index < -0.39 is 4.92 Å². The van der Waals surface area contributed by atoms with Gasteiger partial charge >= 0.3 is 0 Å². The standard InChI is InChI=1S/C14H20N4O2.HI/c15-14(17-12-7-2-1-3-8-12)16-10-11-6-4-5-9-13(11)18(19)20;/h4-6,9,12H,1-3,7-8,10H2,(H3,15,16,17);1H. The number of rotatable bonds is 4. The molecule has 21 heavy (non-hydrogen) atoms. The Morgan fingerprint density at radius 2 is 2.00 bits per heavy atom. The molecule has 1 aromatic carbocycles. The van der Waals surface area contributed by atoms with E-state index in [0.29, 0.717) is 17.6 Å². The molecule has 0 aromatic heterocycles. The maximum atomic E-state index is 10.9. The molecule has 1 saturated carbocycles. The van der Waals surface area contributed by atoms with Crippen LogP contribution in [0.3, 0.4) is 0 Å². The predicted octanol–water partition coefficient (Wildman–Crippen LogP) is 2.95. The molecule has 0 bridgehead atoms. The second kappa shape index (κ2) is 8.81. The average Bonchev–Trinajstić information content (AvgIpc) is 2.46. The van der Waals surface area contributed by atoms with Crippen molar-refractivity contribution in [2.75, 3.05) is 0 Å². The Bertz CT molecular complexity index is 502. The third-order valence-corrected chi connectivity index (χ3v) is 3.57. The highest BCUT2D eigenvalue weighted by Gasteiger charge is 2.14. The molecular weight excluding hydrogens is 383 g/mol. The largest absolute Gasteiger partial charge is 0.370 e. The number of nitrogens with zero attached hydrogens (tertiary/aromatic N) is 2. The van der Waals surface area contributed by atoms with Crippen molar-refractivity contribution in [1.82, 2.24) is 5.32 Å².